The van der Waals surface area contributed by atoms with Crippen molar-refractivity contribution in [3.8, 4) is 9.88 Å². The van der Waals surface area contributed by atoms with Crippen molar-refractivity contribution in [2.24, 2.45) is 0 Å². The number of nitrogens with zero attached hydrogens (tertiary/aromatic N) is 3. The van der Waals surface area contributed by atoms with Crippen molar-refractivity contribution >= 4 is 38.4 Å². The quantitative estimate of drug-likeness (QED) is 0.774. The number of thiophene rings is 1. The van der Waals surface area contributed by atoms with Crippen LogP contribution in [0.5, 0.6) is 0 Å². The summed E-state index contributed by atoms with van der Waals surface area (Å²) in [5.74, 6) is 0.600. The number of amides is 1. The highest BCUT2D eigenvalue weighted by molar-refractivity contribution is 7.91. The lowest BCUT2D eigenvalue weighted by atomic mass is 10.2. The van der Waals surface area contributed by atoms with E-state index in [1.165, 1.54) is 11.3 Å². The smallest absolute Gasteiger partial charge is 0.265 e. The summed E-state index contributed by atoms with van der Waals surface area (Å²) in [5.41, 5.74) is 0.785. The van der Waals surface area contributed by atoms with E-state index in [4.69, 9.17) is 0 Å². The van der Waals surface area contributed by atoms with Crippen molar-refractivity contribution < 1.29 is 13.2 Å². The molecule has 0 N–H and O–H groups in total. The van der Waals surface area contributed by atoms with Crippen LogP contribution in [0.3, 0.4) is 0 Å². The number of hydrogen-bond donors (Lipinski definition) is 0. The number of piperazine rings is 1. The molecule has 1 amide bonds. The van der Waals surface area contributed by atoms with Crippen molar-refractivity contribution in [1.82, 2.24) is 14.8 Å². The number of aryl methyl sites for hydroxylation is 1. The van der Waals surface area contributed by atoms with Crippen LogP contribution < -0.4 is 0 Å². The Balaban J connectivity index is 1.41. The van der Waals surface area contributed by atoms with Gasteiger partial charge in [-0.1, -0.05) is 6.07 Å². The van der Waals surface area contributed by atoms with Gasteiger partial charge in [0, 0.05) is 32.2 Å². The standard InChI is InChI=1S/C17H21N3O3S3/c1-12-15(25-16(18-12)14-3-2-9-24-14)17(21)20-7-5-19(6-8-20)13-4-10-26(22,23)11-13/h2-3,9,13H,4-8,10-11H2,1H3. The fraction of sp³-hybridized carbons (Fsp3) is 0.529. The first-order valence-electron chi connectivity index (χ1n) is 8.68. The molecule has 4 heterocycles. The van der Waals surface area contributed by atoms with Gasteiger partial charge in [0.1, 0.15) is 9.88 Å². The van der Waals surface area contributed by atoms with Crippen LogP contribution in [0.15, 0.2) is 17.5 Å². The molecule has 4 rings (SSSR count). The third-order valence-electron chi connectivity index (χ3n) is 5.05. The van der Waals surface area contributed by atoms with Crippen LogP contribution >= 0.6 is 22.7 Å². The van der Waals surface area contributed by atoms with Gasteiger partial charge in [-0.25, -0.2) is 13.4 Å². The summed E-state index contributed by atoms with van der Waals surface area (Å²) in [6.07, 6.45) is 0.717. The van der Waals surface area contributed by atoms with Gasteiger partial charge in [0.05, 0.1) is 22.1 Å². The van der Waals surface area contributed by atoms with E-state index in [0.29, 0.717) is 30.1 Å². The zero-order valence-electron chi connectivity index (χ0n) is 14.6. The molecule has 2 saturated heterocycles. The Labute approximate surface area is 161 Å². The summed E-state index contributed by atoms with van der Waals surface area (Å²) in [4.78, 5) is 23.4. The van der Waals surface area contributed by atoms with Gasteiger partial charge in [-0.05, 0) is 24.8 Å². The van der Waals surface area contributed by atoms with Gasteiger partial charge >= 0.3 is 0 Å². The normalized spacial score (nSPS) is 23.4. The maximum absolute atomic E-state index is 12.9. The van der Waals surface area contributed by atoms with Gasteiger partial charge in [0.15, 0.2) is 9.84 Å². The first-order valence-corrected chi connectivity index (χ1v) is 12.2. The molecule has 9 heteroatoms. The van der Waals surface area contributed by atoms with Crippen molar-refractivity contribution in [3.63, 3.8) is 0 Å². The van der Waals surface area contributed by atoms with Crippen molar-refractivity contribution in [2.45, 2.75) is 19.4 Å². The molecule has 2 fully saturated rings. The second-order valence-electron chi connectivity index (χ2n) is 6.80. The zero-order chi connectivity index (χ0) is 18.3. The molecule has 0 bridgehead atoms. The summed E-state index contributed by atoms with van der Waals surface area (Å²) in [5, 5.41) is 2.91. The Hall–Kier alpha value is -1.29. The SMILES string of the molecule is Cc1nc(-c2cccs2)sc1C(=O)N1CCN(C2CCS(=O)(=O)C2)CC1. The monoisotopic (exact) mass is 411 g/mol. The largest absolute Gasteiger partial charge is 0.335 e. The minimum absolute atomic E-state index is 0.0431. The Morgan fingerprint density at radius 2 is 2.04 bits per heavy atom. The van der Waals surface area contributed by atoms with E-state index >= 15 is 0 Å². The van der Waals surface area contributed by atoms with E-state index in [9.17, 15) is 13.2 Å². The van der Waals surface area contributed by atoms with Crippen molar-refractivity contribution in [3.05, 3.63) is 28.1 Å². The predicted molar refractivity (Wildman–Crippen MR) is 105 cm³/mol. The van der Waals surface area contributed by atoms with Crippen molar-refractivity contribution in [2.75, 3.05) is 37.7 Å². The number of thiazole rings is 1. The minimum Gasteiger partial charge on any atom is -0.335 e. The Bertz CT molecular complexity index is 897. The maximum Gasteiger partial charge on any atom is 0.265 e. The summed E-state index contributed by atoms with van der Waals surface area (Å²) < 4.78 is 23.4. The van der Waals surface area contributed by atoms with Gasteiger partial charge in [0.2, 0.25) is 0 Å². The minimum atomic E-state index is -2.87. The van der Waals surface area contributed by atoms with E-state index in [1.54, 1.807) is 11.3 Å². The van der Waals surface area contributed by atoms with Crippen molar-refractivity contribution in [1.29, 1.82) is 0 Å². The topological polar surface area (TPSA) is 70.6 Å². The van der Waals surface area contributed by atoms with Crippen LogP contribution in [-0.2, 0) is 9.84 Å². The average molecular weight is 412 g/mol. The van der Waals surface area contributed by atoms with E-state index in [0.717, 1.165) is 28.7 Å². The highest BCUT2D eigenvalue weighted by Gasteiger charge is 2.35. The number of sulfone groups is 1. The third kappa shape index (κ3) is 3.58. The first-order chi connectivity index (χ1) is 12.4. The number of carbonyl (C=O) groups excluding carboxylic acids is 1. The summed E-state index contributed by atoms with van der Waals surface area (Å²) in [6, 6.07) is 4.12. The molecule has 2 aromatic rings. The van der Waals surface area contributed by atoms with Crippen LogP contribution in [-0.4, -0.2) is 72.8 Å². The predicted octanol–water partition coefficient (Wildman–Crippen LogP) is 2.12. The summed E-state index contributed by atoms with van der Waals surface area (Å²) >= 11 is 3.09. The molecule has 2 aromatic heterocycles. The molecular formula is C17H21N3O3S3. The highest BCUT2D eigenvalue weighted by Crippen LogP contribution is 2.32. The fourth-order valence-electron chi connectivity index (χ4n) is 3.60. The molecule has 6 nitrogen and oxygen atoms in total. The summed E-state index contributed by atoms with van der Waals surface area (Å²) in [7, 11) is -2.87. The number of hydrogen-bond acceptors (Lipinski definition) is 7. The Morgan fingerprint density at radius 3 is 2.65 bits per heavy atom. The second-order valence-corrected chi connectivity index (χ2v) is 11.0. The van der Waals surface area contributed by atoms with Crippen LogP contribution in [0.25, 0.3) is 9.88 Å². The van der Waals surface area contributed by atoms with Crippen LogP contribution in [0, 0.1) is 6.92 Å². The second kappa shape index (κ2) is 7.03. The molecule has 1 unspecified atom stereocenters. The van der Waals surface area contributed by atoms with Gasteiger partial charge < -0.3 is 4.90 Å². The molecule has 26 heavy (non-hydrogen) atoms. The highest BCUT2D eigenvalue weighted by atomic mass is 32.2. The lowest BCUT2D eigenvalue weighted by molar-refractivity contribution is 0.0591. The first kappa shape index (κ1) is 18.1. The molecule has 0 spiro atoms. The van der Waals surface area contributed by atoms with Gasteiger partial charge in [0.25, 0.3) is 5.91 Å². The molecular weight excluding hydrogens is 390 g/mol. The molecule has 140 valence electrons. The Kier molecular flexibility index (Phi) is 4.89. The van der Waals surface area contributed by atoms with E-state index in [-0.39, 0.29) is 17.7 Å². The number of carbonyl (C=O) groups is 1. The maximum atomic E-state index is 12.9. The molecule has 2 aliphatic heterocycles. The van der Waals surface area contributed by atoms with E-state index in [2.05, 4.69) is 9.88 Å². The fourth-order valence-corrected chi connectivity index (χ4v) is 7.19. The molecule has 0 aromatic carbocycles. The lowest BCUT2D eigenvalue weighted by Crippen LogP contribution is -2.52. The van der Waals surface area contributed by atoms with Gasteiger partial charge in [-0.15, -0.1) is 22.7 Å². The average Bonchev–Trinajstić information content (AvgIpc) is 3.34. The van der Waals surface area contributed by atoms with Gasteiger partial charge in [-0.2, -0.15) is 0 Å². The molecule has 2 aliphatic rings. The van der Waals surface area contributed by atoms with E-state index < -0.39 is 9.84 Å². The number of rotatable bonds is 3. The van der Waals surface area contributed by atoms with Gasteiger partial charge in [-0.3, -0.25) is 9.69 Å². The molecule has 0 aliphatic carbocycles. The Morgan fingerprint density at radius 1 is 1.27 bits per heavy atom. The summed E-state index contributed by atoms with van der Waals surface area (Å²) in [6.45, 7) is 4.64. The zero-order valence-corrected chi connectivity index (χ0v) is 17.0. The van der Waals surface area contributed by atoms with Crippen LogP contribution in [0.4, 0.5) is 0 Å². The number of aromatic nitrogens is 1. The van der Waals surface area contributed by atoms with Crippen LogP contribution in [0.2, 0.25) is 0 Å². The molecule has 0 radical (unpaired) electrons. The molecule has 1 atom stereocenters. The van der Waals surface area contributed by atoms with E-state index in [1.807, 2.05) is 29.3 Å². The lowest BCUT2D eigenvalue weighted by Gasteiger charge is -2.37. The molecule has 0 saturated carbocycles. The van der Waals surface area contributed by atoms with Crippen LogP contribution in [0.1, 0.15) is 21.8 Å². The third-order valence-corrected chi connectivity index (χ3v) is 8.98.